The topological polar surface area (TPSA) is 26.0 Å². The standard InChI is InChI=1S/C17H18F3N/c1-2-12-3-7-14(8-4-12)16(21)11-13-5-9-15(10-6-13)17(18,19)20/h3-10,16H,2,11,21H2,1H3. The third-order valence-electron chi connectivity index (χ3n) is 3.55. The molecule has 2 rings (SSSR count). The van der Waals surface area contributed by atoms with Crippen molar-refractivity contribution >= 4 is 0 Å². The Balaban J connectivity index is 2.06. The first-order chi connectivity index (χ1) is 9.90. The molecule has 112 valence electrons. The van der Waals surface area contributed by atoms with Crippen LogP contribution in [0.3, 0.4) is 0 Å². The molecule has 0 fully saturated rings. The van der Waals surface area contributed by atoms with Gasteiger partial charge >= 0.3 is 6.18 Å². The summed E-state index contributed by atoms with van der Waals surface area (Å²) in [4.78, 5) is 0. The third-order valence-corrected chi connectivity index (χ3v) is 3.55. The lowest BCUT2D eigenvalue weighted by Crippen LogP contribution is -2.13. The lowest BCUT2D eigenvalue weighted by Gasteiger charge is -2.13. The Kier molecular flexibility index (Phi) is 4.68. The van der Waals surface area contributed by atoms with Gasteiger partial charge in [-0.05, 0) is 41.7 Å². The summed E-state index contributed by atoms with van der Waals surface area (Å²) in [6.45, 7) is 2.08. The highest BCUT2D eigenvalue weighted by atomic mass is 19.4. The molecule has 0 aliphatic rings. The molecule has 2 N–H and O–H groups in total. The number of nitrogens with two attached hydrogens (primary N) is 1. The van der Waals surface area contributed by atoms with Gasteiger partial charge < -0.3 is 5.73 Å². The first kappa shape index (κ1) is 15.6. The van der Waals surface area contributed by atoms with E-state index in [0.29, 0.717) is 6.42 Å². The zero-order chi connectivity index (χ0) is 15.5. The Morgan fingerprint density at radius 2 is 1.43 bits per heavy atom. The molecule has 2 aromatic rings. The maximum absolute atomic E-state index is 12.5. The van der Waals surface area contributed by atoms with Gasteiger partial charge in [-0.15, -0.1) is 0 Å². The molecule has 1 nitrogen and oxygen atoms in total. The van der Waals surface area contributed by atoms with Crippen LogP contribution in [-0.2, 0) is 19.0 Å². The molecule has 0 amide bonds. The summed E-state index contributed by atoms with van der Waals surface area (Å²) < 4.78 is 37.5. The van der Waals surface area contributed by atoms with Gasteiger partial charge in [0.25, 0.3) is 0 Å². The van der Waals surface area contributed by atoms with E-state index in [0.717, 1.165) is 29.7 Å². The van der Waals surface area contributed by atoms with Crippen LogP contribution in [0, 0.1) is 0 Å². The molecule has 0 spiro atoms. The summed E-state index contributed by atoms with van der Waals surface area (Å²) in [7, 11) is 0. The molecular weight excluding hydrogens is 275 g/mol. The predicted molar refractivity (Wildman–Crippen MR) is 77.9 cm³/mol. The number of hydrogen-bond acceptors (Lipinski definition) is 1. The van der Waals surface area contributed by atoms with Gasteiger partial charge in [-0.2, -0.15) is 13.2 Å². The number of hydrogen-bond donors (Lipinski definition) is 1. The van der Waals surface area contributed by atoms with Crippen LogP contribution in [0.2, 0.25) is 0 Å². The van der Waals surface area contributed by atoms with E-state index in [1.165, 1.54) is 17.7 Å². The van der Waals surface area contributed by atoms with Crippen molar-refractivity contribution in [3.63, 3.8) is 0 Å². The van der Waals surface area contributed by atoms with E-state index in [2.05, 4.69) is 6.92 Å². The van der Waals surface area contributed by atoms with E-state index in [9.17, 15) is 13.2 Å². The van der Waals surface area contributed by atoms with Gasteiger partial charge in [0.1, 0.15) is 0 Å². The molecule has 0 heterocycles. The van der Waals surface area contributed by atoms with Crippen LogP contribution in [0.1, 0.15) is 35.2 Å². The van der Waals surface area contributed by atoms with Crippen molar-refractivity contribution in [3.05, 3.63) is 70.8 Å². The fourth-order valence-corrected chi connectivity index (χ4v) is 2.20. The molecule has 0 aromatic heterocycles. The van der Waals surface area contributed by atoms with E-state index in [1.807, 2.05) is 24.3 Å². The minimum atomic E-state index is -4.30. The Hall–Kier alpha value is -1.81. The Bertz CT molecular complexity index is 570. The summed E-state index contributed by atoms with van der Waals surface area (Å²) >= 11 is 0. The van der Waals surface area contributed by atoms with E-state index in [-0.39, 0.29) is 6.04 Å². The molecule has 0 aliphatic heterocycles. The monoisotopic (exact) mass is 293 g/mol. The van der Waals surface area contributed by atoms with Crippen LogP contribution in [0.15, 0.2) is 48.5 Å². The molecule has 0 radical (unpaired) electrons. The maximum Gasteiger partial charge on any atom is 0.416 e. The number of benzene rings is 2. The van der Waals surface area contributed by atoms with Crippen molar-refractivity contribution in [2.75, 3.05) is 0 Å². The number of alkyl halides is 3. The largest absolute Gasteiger partial charge is 0.416 e. The molecule has 0 bridgehead atoms. The SMILES string of the molecule is CCc1ccc(C(N)Cc2ccc(C(F)(F)F)cc2)cc1. The van der Waals surface area contributed by atoms with Crippen LogP contribution in [0.4, 0.5) is 13.2 Å². The van der Waals surface area contributed by atoms with Crippen molar-refractivity contribution in [3.8, 4) is 0 Å². The minimum Gasteiger partial charge on any atom is -0.324 e. The van der Waals surface area contributed by atoms with Gasteiger partial charge in [0.15, 0.2) is 0 Å². The normalized spacial score (nSPS) is 13.2. The second kappa shape index (κ2) is 6.31. The van der Waals surface area contributed by atoms with Crippen LogP contribution >= 0.6 is 0 Å². The summed E-state index contributed by atoms with van der Waals surface area (Å²) in [5.74, 6) is 0. The Labute approximate surface area is 122 Å². The third kappa shape index (κ3) is 4.08. The second-order valence-corrected chi connectivity index (χ2v) is 5.10. The van der Waals surface area contributed by atoms with Crippen LogP contribution in [0.25, 0.3) is 0 Å². The van der Waals surface area contributed by atoms with E-state index in [1.54, 1.807) is 0 Å². The van der Waals surface area contributed by atoms with Gasteiger partial charge in [0, 0.05) is 6.04 Å². The van der Waals surface area contributed by atoms with Crippen molar-refractivity contribution < 1.29 is 13.2 Å². The Morgan fingerprint density at radius 1 is 0.905 bits per heavy atom. The molecular formula is C17H18F3N. The predicted octanol–water partition coefficient (Wildman–Crippen LogP) is 4.51. The summed E-state index contributed by atoms with van der Waals surface area (Å²) in [5, 5.41) is 0. The maximum atomic E-state index is 12.5. The average molecular weight is 293 g/mol. The lowest BCUT2D eigenvalue weighted by molar-refractivity contribution is -0.137. The highest BCUT2D eigenvalue weighted by Gasteiger charge is 2.29. The number of rotatable bonds is 4. The van der Waals surface area contributed by atoms with Crippen LogP contribution in [-0.4, -0.2) is 0 Å². The zero-order valence-electron chi connectivity index (χ0n) is 11.8. The molecule has 0 saturated carbocycles. The fraction of sp³-hybridized carbons (Fsp3) is 0.294. The Morgan fingerprint density at radius 3 is 1.90 bits per heavy atom. The summed E-state index contributed by atoms with van der Waals surface area (Å²) in [6.07, 6.45) is -2.81. The summed E-state index contributed by atoms with van der Waals surface area (Å²) in [6, 6.07) is 13.0. The van der Waals surface area contributed by atoms with E-state index < -0.39 is 11.7 Å². The molecule has 1 atom stereocenters. The highest BCUT2D eigenvalue weighted by Crippen LogP contribution is 2.29. The number of halogens is 3. The fourth-order valence-electron chi connectivity index (χ4n) is 2.20. The van der Waals surface area contributed by atoms with Crippen molar-refractivity contribution in [1.82, 2.24) is 0 Å². The van der Waals surface area contributed by atoms with Gasteiger partial charge in [0.05, 0.1) is 5.56 Å². The lowest BCUT2D eigenvalue weighted by atomic mass is 9.97. The van der Waals surface area contributed by atoms with Gasteiger partial charge in [-0.1, -0.05) is 43.3 Å². The van der Waals surface area contributed by atoms with Crippen LogP contribution < -0.4 is 5.73 Å². The summed E-state index contributed by atoms with van der Waals surface area (Å²) in [5.41, 5.74) is 8.52. The molecule has 1 unspecified atom stereocenters. The number of aryl methyl sites for hydroxylation is 1. The minimum absolute atomic E-state index is 0.215. The van der Waals surface area contributed by atoms with Gasteiger partial charge in [0.2, 0.25) is 0 Å². The van der Waals surface area contributed by atoms with Crippen LogP contribution in [0.5, 0.6) is 0 Å². The second-order valence-electron chi connectivity index (χ2n) is 5.10. The van der Waals surface area contributed by atoms with Crippen molar-refractivity contribution in [2.45, 2.75) is 32.0 Å². The molecule has 0 saturated heterocycles. The van der Waals surface area contributed by atoms with Crippen molar-refractivity contribution in [2.24, 2.45) is 5.73 Å². The van der Waals surface area contributed by atoms with E-state index in [4.69, 9.17) is 5.73 Å². The quantitative estimate of drug-likeness (QED) is 0.882. The van der Waals surface area contributed by atoms with Gasteiger partial charge in [-0.25, -0.2) is 0 Å². The average Bonchev–Trinajstić information content (AvgIpc) is 2.47. The first-order valence-corrected chi connectivity index (χ1v) is 6.90. The van der Waals surface area contributed by atoms with E-state index >= 15 is 0 Å². The van der Waals surface area contributed by atoms with Gasteiger partial charge in [-0.3, -0.25) is 0 Å². The first-order valence-electron chi connectivity index (χ1n) is 6.90. The molecule has 2 aromatic carbocycles. The zero-order valence-corrected chi connectivity index (χ0v) is 11.8. The van der Waals surface area contributed by atoms with Crippen molar-refractivity contribution in [1.29, 1.82) is 0 Å². The molecule has 0 aliphatic carbocycles. The molecule has 4 heteroatoms. The highest BCUT2D eigenvalue weighted by molar-refractivity contribution is 5.29. The smallest absolute Gasteiger partial charge is 0.324 e. The molecule has 21 heavy (non-hydrogen) atoms.